The van der Waals surface area contributed by atoms with E-state index >= 15 is 0 Å². The van der Waals surface area contributed by atoms with E-state index in [1.54, 1.807) is 18.5 Å². The largest absolute Gasteiger partial charge is 0.391 e. The molecule has 0 unspecified atom stereocenters. The third-order valence-electron chi connectivity index (χ3n) is 0.490. The fourth-order valence-electron chi connectivity index (χ4n) is 0.258. The molecule has 0 aromatic heterocycles. The SMILES string of the molecule is C.C1=CNOC=C1.N=C=O.N=C=O. The van der Waals surface area contributed by atoms with Crippen LogP contribution in [0.4, 0.5) is 0 Å². The Bertz CT molecular complexity index is 187. The smallest absolute Gasteiger partial charge is 0.231 e. The van der Waals surface area contributed by atoms with Crippen LogP contribution >= 0.6 is 0 Å². The molecule has 0 spiro atoms. The summed E-state index contributed by atoms with van der Waals surface area (Å²) in [5, 5.41) is 10.8. The molecule has 1 heterocycles. The predicted octanol–water partition coefficient (Wildman–Crippen LogP) is 0.987. The molecular formula is C7H11N3O3. The highest BCUT2D eigenvalue weighted by molar-refractivity contribution is 5.26. The number of isocyanates is 2. The van der Waals surface area contributed by atoms with Gasteiger partial charge in [-0.25, -0.2) is 25.9 Å². The molecule has 0 saturated carbocycles. The summed E-state index contributed by atoms with van der Waals surface area (Å²) in [6, 6.07) is 0. The first-order valence-electron chi connectivity index (χ1n) is 2.64. The lowest BCUT2D eigenvalue weighted by molar-refractivity contribution is 0.172. The quantitative estimate of drug-likeness (QED) is 0.386. The van der Waals surface area contributed by atoms with Crippen molar-refractivity contribution in [2.45, 2.75) is 7.43 Å². The van der Waals surface area contributed by atoms with Crippen molar-refractivity contribution in [1.82, 2.24) is 5.48 Å². The van der Waals surface area contributed by atoms with Crippen molar-refractivity contribution in [2.75, 3.05) is 0 Å². The minimum Gasteiger partial charge on any atom is -0.391 e. The van der Waals surface area contributed by atoms with Crippen LogP contribution in [0.3, 0.4) is 0 Å². The molecule has 13 heavy (non-hydrogen) atoms. The van der Waals surface area contributed by atoms with Crippen LogP contribution in [0.15, 0.2) is 24.6 Å². The zero-order valence-corrected chi connectivity index (χ0v) is 6.03. The molecule has 0 fully saturated rings. The molecule has 72 valence electrons. The fraction of sp³-hybridized carbons (Fsp3) is 0.143. The molecule has 6 nitrogen and oxygen atoms in total. The van der Waals surface area contributed by atoms with Crippen LogP contribution in [-0.4, -0.2) is 12.2 Å². The van der Waals surface area contributed by atoms with Gasteiger partial charge in [0.25, 0.3) is 0 Å². The summed E-state index contributed by atoms with van der Waals surface area (Å²) >= 11 is 0. The second-order valence-corrected chi connectivity index (χ2v) is 1.13. The standard InChI is InChI=1S/C4H5NO.2CHNO.CH4/c1-2-4-6-5-3-1;2*2-1-3;/h1-5H;2*2H;1H4. The number of carbonyl (C=O) groups excluding carboxylic acids is 2. The number of nitrogens with one attached hydrogen (secondary N) is 3. The van der Waals surface area contributed by atoms with Gasteiger partial charge in [-0.05, 0) is 12.2 Å². The number of hydrogen-bond donors (Lipinski definition) is 3. The van der Waals surface area contributed by atoms with Gasteiger partial charge in [0.2, 0.25) is 12.2 Å². The molecule has 0 aromatic rings. The van der Waals surface area contributed by atoms with Crippen LogP contribution in [0, 0.1) is 10.8 Å². The van der Waals surface area contributed by atoms with E-state index in [1.807, 2.05) is 6.08 Å². The van der Waals surface area contributed by atoms with Crippen molar-refractivity contribution in [2.24, 2.45) is 0 Å². The molecule has 6 heteroatoms. The highest BCUT2D eigenvalue weighted by atomic mass is 16.6. The maximum absolute atomic E-state index is 8.35. The average Bonchev–Trinajstić information content (AvgIpc) is 2.10. The van der Waals surface area contributed by atoms with Crippen LogP contribution in [0.1, 0.15) is 7.43 Å². The van der Waals surface area contributed by atoms with Crippen LogP contribution in [0.2, 0.25) is 0 Å². The molecule has 0 radical (unpaired) electrons. The molecule has 1 aliphatic heterocycles. The molecular weight excluding hydrogens is 174 g/mol. The van der Waals surface area contributed by atoms with Crippen molar-refractivity contribution in [3.63, 3.8) is 0 Å². The van der Waals surface area contributed by atoms with Crippen LogP contribution in [-0.2, 0) is 14.4 Å². The van der Waals surface area contributed by atoms with Crippen molar-refractivity contribution in [3.05, 3.63) is 24.6 Å². The lowest BCUT2D eigenvalue weighted by Crippen LogP contribution is -2.01. The molecule has 0 aliphatic carbocycles. The summed E-state index contributed by atoms with van der Waals surface area (Å²) in [5.74, 6) is 0. The van der Waals surface area contributed by atoms with E-state index < -0.39 is 0 Å². The first kappa shape index (κ1) is 17.1. The Morgan fingerprint density at radius 3 is 1.69 bits per heavy atom. The molecule has 0 aromatic carbocycles. The van der Waals surface area contributed by atoms with Crippen molar-refractivity contribution in [1.29, 1.82) is 10.8 Å². The molecule has 1 rings (SSSR count). The van der Waals surface area contributed by atoms with Gasteiger partial charge in [0.05, 0.1) is 0 Å². The molecule has 1 aliphatic rings. The van der Waals surface area contributed by atoms with Crippen molar-refractivity contribution in [3.8, 4) is 0 Å². The Morgan fingerprint density at radius 2 is 1.62 bits per heavy atom. The predicted molar refractivity (Wildman–Crippen MR) is 46.1 cm³/mol. The summed E-state index contributed by atoms with van der Waals surface area (Å²) in [6.45, 7) is 0. The van der Waals surface area contributed by atoms with E-state index in [4.69, 9.17) is 20.4 Å². The summed E-state index contributed by atoms with van der Waals surface area (Å²) in [6.07, 6.45) is 8.43. The van der Waals surface area contributed by atoms with Gasteiger partial charge in [0.15, 0.2) is 0 Å². The second-order valence-electron chi connectivity index (χ2n) is 1.13. The summed E-state index contributed by atoms with van der Waals surface area (Å²) in [4.78, 5) is 21.2. The van der Waals surface area contributed by atoms with E-state index in [0.717, 1.165) is 12.2 Å². The Labute approximate surface area is 75.9 Å². The molecule has 0 atom stereocenters. The topological polar surface area (TPSA) is 103 Å². The van der Waals surface area contributed by atoms with Gasteiger partial charge in [0.1, 0.15) is 6.26 Å². The molecule has 0 bridgehead atoms. The van der Waals surface area contributed by atoms with E-state index in [9.17, 15) is 0 Å². The van der Waals surface area contributed by atoms with Gasteiger partial charge in [-0.15, -0.1) is 0 Å². The number of hydroxylamine groups is 1. The van der Waals surface area contributed by atoms with E-state index in [2.05, 4.69) is 10.3 Å². The Balaban J connectivity index is -0.000000126. The summed E-state index contributed by atoms with van der Waals surface area (Å²) in [7, 11) is 0. The van der Waals surface area contributed by atoms with Crippen LogP contribution in [0.25, 0.3) is 0 Å². The third kappa shape index (κ3) is 41.0. The minimum absolute atomic E-state index is 0. The van der Waals surface area contributed by atoms with Crippen LogP contribution in [0.5, 0.6) is 0 Å². The maximum atomic E-state index is 8.35. The third-order valence-corrected chi connectivity index (χ3v) is 0.490. The van der Waals surface area contributed by atoms with Crippen LogP contribution < -0.4 is 5.48 Å². The monoisotopic (exact) mass is 185 g/mol. The summed E-state index contributed by atoms with van der Waals surface area (Å²) < 4.78 is 0. The van der Waals surface area contributed by atoms with Gasteiger partial charge in [-0.3, -0.25) is 0 Å². The summed E-state index contributed by atoms with van der Waals surface area (Å²) in [5.41, 5.74) is 2.52. The number of rotatable bonds is 0. The van der Waals surface area contributed by atoms with Crippen molar-refractivity contribution < 1.29 is 14.4 Å². The highest BCUT2D eigenvalue weighted by Crippen LogP contribution is 1.80. The minimum atomic E-state index is 0. The molecule has 3 N–H and O–H groups in total. The van der Waals surface area contributed by atoms with Gasteiger partial charge in [-0.2, -0.15) is 0 Å². The lowest BCUT2D eigenvalue weighted by Gasteiger charge is -1.97. The highest BCUT2D eigenvalue weighted by Gasteiger charge is 1.72. The normalized spacial score (nSPS) is 8.62. The van der Waals surface area contributed by atoms with Crippen molar-refractivity contribution >= 4 is 12.2 Å². The van der Waals surface area contributed by atoms with E-state index in [1.165, 1.54) is 0 Å². The molecule has 0 amide bonds. The fourth-order valence-corrected chi connectivity index (χ4v) is 0.258. The van der Waals surface area contributed by atoms with Gasteiger partial charge in [-0.1, -0.05) is 7.43 Å². The van der Waals surface area contributed by atoms with E-state index in [-0.39, 0.29) is 7.43 Å². The van der Waals surface area contributed by atoms with Gasteiger partial charge < -0.3 is 4.84 Å². The number of hydrogen-bond acceptors (Lipinski definition) is 6. The van der Waals surface area contributed by atoms with Gasteiger partial charge >= 0.3 is 0 Å². The van der Waals surface area contributed by atoms with E-state index in [0.29, 0.717) is 0 Å². The number of allylic oxidation sites excluding steroid dienone is 2. The second kappa shape index (κ2) is 22.5. The first-order valence-corrected chi connectivity index (χ1v) is 2.64. The first-order chi connectivity index (χ1) is 5.83. The Morgan fingerprint density at radius 1 is 1.15 bits per heavy atom. The average molecular weight is 185 g/mol. The molecule has 0 saturated heterocycles. The maximum Gasteiger partial charge on any atom is 0.231 e. The lowest BCUT2D eigenvalue weighted by atomic mass is 10.6. The zero-order chi connectivity index (χ0) is 9.66. The Hall–Kier alpha value is -2.16. The zero-order valence-electron chi connectivity index (χ0n) is 6.03. The van der Waals surface area contributed by atoms with Gasteiger partial charge in [0, 0.05) is 6.20 Å². The Kier molecular flexibility index (Phi) is 29.6.